The summed E-state index contributed by atoms with van der Waals surface area (Å²) in [6, 6.07) is 5.07. The van der Waals surface area contributed by atoms with Crippen LogP contribution in [0.15, 0.2) is 24.4 Å². The minimum Gasteiger partial charge on any atom is -0.381 e. The van der Waals surface area contributed by atoms with Crippen molar-refractivity contribution in [1.82, 2.24) is 19.5 Å². The lowest BCUT2D eigenvalue weighted by Crippen LogP contribution is -2.41. The van der Waals surface area contributed by atoms with Gasteiger partial charge in [-0.3, -0.25) is 4.57 Å². The molecule has 8 nitrogen and oxygen atoms in total. The molecular weight excluding hydrogens is 457 g/mol. The van der Waals surface area contributed by atoms with E-state index in [0.717, 1.165) is 44.2 Å². The van der Waals surface area contributed by atoms with E-state index in [4.69, 9.17) is 32.0 Å². The number of nitrogens with zero attached hydrogens (tertiary/aromatic N) is 4. The van der Waals surface area contributed by atoms with Crippen LogP contribution in [0.25, 0.3) is 11.2 Å². The maximum Gasteiger partial charge on any atom is 0.225 e. The summed E-state index contributed by atoms with van der Waals surface area (Å²) in [6.45, 7) is 4.30. The van der Waals surface area contributed by atoms with Crippen LogP contribution >= 0.6 is 11.6 Å². The molecule has 0 spiro atoms. The fourth-order valence-electron chi connectivity index (χ4n) is 4.96. The van der Waals surface area contributed by atoms with Crippen molar-refractivity contribution in [2.24, 2.45) is 11.7 Å². The number of hydrogen-bond donors (Lipinski definition) is 3. The molecule has 0 amide bonds. The largest absolute Gasteiger partial charge is 0.381 e. The van der Waals surface area contributed by atoms with Crippen LogP contribution in [-0.2, 0) is 4.74 Å². The molecule has 3 heterocycles. The van der Waals surface area contributed by atoms with Gasteiger partial charge in [0.25, 0.3) is 0 Å². The summed E-state index contributed by atoms with van der Waals surface area (Å²) in [5, 5.41) is 6.74. The molecule has 34 heavy (non-hydrogen) atoms. The molecule has 0 unspecified atom stereocenters. The molecule has 2 aromatic heterocycles. The number of benzene rings is 1. The van der Waals surface area contributed by atoms with Crippen LogP contribution in [0.3, 0.4) is 0 Å². The average molecular weight is 488 g/mol. The van der Waals surface area contributed by atoms with Gasteiger partial charge in [-0.25, -0.2) is 14.4 Å². The van der Waals surface area contributed by atoms with Crippen molar-refractivity contribution in [3.63, 3.8) is 0 Å². The Labute approximate surface area is 203 Å². The van der Waals surface area contributed by atoms with Gasteiger partial charge < -0.3 is 21.1 Å². The molecule has 5 rings (SSSR count). The average Bonchev–Trinajstić information content (AvgIpc) is 3.19. The molecular formula is C24H31ClFN7O. The van der Waals surface area contributed by atoms with Crippen molar-refractivity contribution < 1.29 is 9.13 Å². The Bertz CT molecular complexity index is 1160. The lowest BCUT2D eigenvalue weighted by atomic mass is 9.86. The van der Waals surface area contributed by atoms with Crippen molar-refractivity contribution >= 4 is 40.3 Å². The van der Waals surface area contributed by atoms with Crippen LogP contribution in [0.4, 0.5) is 22.0 Å². The van der Waals surface area contributed by atoms with Crippen LogP contribution in [0.1, 0.15) is 51.5 Å². The number of anilines is 3. The van der Waals surface area contributed by atoms with E-state index >= 15 is 0 Å². The fraction of sp³-hybridized carbons (Fsp3) is 0.542. The molecule has 4 N–H and O–H groups in total. The predicted octanol–water partition coefficient (Wildman–Crippen LogP) is 5.03. The Morgan fingerprint density at radius 2 is 1.97 bits per heavy atom. The van der Waals surface area contributed by atoms with E-state index in [1.807, 2.05) is 0 Å². The first-order valence-electron chi connectivity index (χ1n) is 12.0. The third kappa shape index (κ3) is 4.69. The Hall–Kier alpha value is -2.49. The number of nitrogens with one attached hydrogen (secondary N) is 2. The minimum absolute atomic E-state index is 0.0621. The number of aromatic nitrogens is 4. The van der Waals surface area contributed by atoms with E-state index in [1.165, 1.54) is 6.07 Å². The lowest BCUT2D eigenvalue weighted by Gasteiger charge is -2.34. The monoisotopic (exact) mass is 487 g/mol. The van der Waals surface area contributed by atoms with Gasteiger partial charge >= 0.3 is 0 Å². The van der Waals surface area contributed by atoms with Crippen molar-refractivity contribution in [3.8, 4) is 0 Å². The van der Waals surface area contributed by atoms with Gasteiger partial charge in [0.05, 0.1) is 16.9 Å². The number of rotatable bonds is 6. The Kier molecular flexibility index (Phi) is 6.59. The summed E-state index contributed by atoms with van der Waals surface area (Å²) in [5.41, 5.74) is 7.46. The number of imidazole rings is 1. The summed E-state index contributed by atoms with van der Waals surface area (Å²) in [7, 11) is 0. The van der Waals surface area contributed by atoms with Gasteiger partial charge in [-0.1, -0.05) is 17.7 Å². The van der Waals surface area contributed by atoms with Gasteiger partial charge in [0.1, 0.15) is 5.52 Å². The van der Waals surface area contributed by atoms with Crippen molar-refractivity contribution in [2.45, 2.75) is 57.0 Å². The Morgan fingerprint density at radius 1 is 1.21 bits per heavy atom. The van der Waals surface area contributed by atoms with E-state index < -0.39 is 5.82 Å². The fourth-order valence-corrected chi connectivity index (χ4v) is 5.14. The molecule has 3 aromatic rings. The number of ether oxygens (including phenoxy) is 1. The zero-order valence-corrected chi connectivity index (χ0v) is 20.1. The SMILES string of the molecule is CC1(Nc2ncc3nc(Nc4cccc(Cl)c4F)n([C@H]4CC[C@H](CN)CC4)c3n2)CCOCC1. The first-order valence-corrected chi connectivity index (χ1v) is 12.4. The third-order valence-electron chi connectivity index (χ3n) is 7.16. The molecule has 182 valence electrons. The quantitative estimate of drug-likeness (QED) is 0.448. The van der Waals surface area contributed by atoms with Gasteiger partial charge in [0.15, 0.2) is 11.5 Å². The smallest absolute Gasteiger partial charge is 0.225 e. The van der Waals surface area contributed by atoms with Crippen LogP contribution in [-0.4, -0.2) is 44.8 Å². The molecule has 1 saturated heterocycles. The first kappa shape index (κ1) is 23.3. The molecule has 2 fully saturated rings. The minimum atomic E-state index is -0.504. The van der Waals surface area contributed by atoms with Gasteiger partial charge in [-0.15, -0.1) is 0 Å². The maximum atomic E-state index is 14.7. The van der Waals surface area contributed by atoms with Gasteiger partial charge in [0.2, 0.25) is 11.9 Å². The van der Waals surface area contributed by atoms with E-state index in [0.29, 0.717) is 43.1 Å². The van der Waals surface area contributed by atoms with Crippen molar-refractivity contribution in [3.05, 3.63) is 35.2 Å². The van der Waals surface area contributed by atoms with Gasteiger partial charge in [-0.05, 0) is 70.0 Å². The van der Waals surface area contributed by atoms with Gasteiger partial charge in [0, 0.05) is 24.8 Å². The molecule has 0 radical (unpaired) electrons. The highest BCUT2D eigenvalue weighted by Crippen LogP contribution is 2.37. The van der Waals surface area contributed by atoms with Gasteiger partial charge in [-0.2, -0.15) is 4.98 Å². The number of halogens is 2. The number of fused-ring (bicyclic) bond motifs is 1. The molecule has 1 aliphatic heterocycles. The molecule has 1 aliphatic carbocycles. The molecule has 0 atom stereocenters. The second kappa shape index (κ2) is 9.64. The first-order chi connectivity index (χ1) is 16.5. The number of nitrogens with two attached hydrogens (primary N) is 1. The number of hydrogen-bond acceptors (Lipinski definition) is 7. The maximum absolute atomic E-state index is 14.7. The Morgan fingerprint density at radius 3 is 2.71 bits per heavy atom. The normalized spacial score (nSPS) is 22.6. The van der Waals surface area contributed by atoms with Crippen LogP contribution < -0.4 is 16.4 Å². The lowest BCUT2D eigenvalue weighted by molar-refractivity contribution is 0.0656. The van der Waals surface area contributed by atoms with E-state index in [2.05, 4.69) is 27.1 Å². The standard InChI is InChI=1S/C24H31ClFN7O/c1-24(9-11-34-12-10-24)32-22-28-14-19-21(31-22)33(16-7-5-15(13-27)6-8-16)23(30-19)29-18-4-2-3-17(25)20(18)26/h2-4,14-16H,5-13,27H2,1H3,(H,29,30)(H,28,31,32)/t15-,16-. The van der Waals surface area contributed by atoms with Crippen LogP contribution in [0.5, 0.6) is 0 Å². The highest BCUT2D eigenvalue weighted by Gasteiger charge is 2.30. The summed E-state index contributed by atoms with van der Waals surface area (Å²) >= 11 is 6.01. The molecule has 10 heteroatoms. The Balaban J connectivity index is 1.53. The summed E-state index contributed by atoms with van der Waals surface area (Å²) in [5.74, 6) is 1.13. The summed E-state index contributed by atoms with van der Waals surface area (Å²) < 4.78 is 22.3. The van der Waals surface area contributed by atoms with E-state index in [-0.39, 0.29) is 22.3 Å². The highest BCUT2D eigenvalue weighted by atomic mass is 35.5. The second-order valence-electron chi connectivity index (χ2n) is 9.64. The van der Waals surface area contributed by atoms with Crippen LogP contribution in [0.2, 0.25) is 5.02 Å². The van der Waals surface area contributed by atoms with Crippen molar-refractivity contribution in [1.29, 1.82) is 0 Å². The second-order valence-corrected chi connectivity index (χ2v) is 10.0. The van der Waals surface area contributed by atoms with Crippen LogP contribution in [0, 0.1) is 11.7 Å². The third-order valence-corrected chi connectivity index (χ3v) is 7.45. The summed E-state index contributed by atoms with van der Waals surface area (Å²) in [6.07, 6.45) is 7.51. The topological polar surface area (TPSA) is 103 Å². The molecule has 1 aromatic carbocycles. The van der Waals surface area contributed by atoms with E-state index in [1.54, 1.807) is 18.3 Å². The molecule has 1 saturated carbocycles. The van der Waals surface area contributed by atoms with E-state index in [9.17, 15) is 4.39 Å². The zero-order valence-electron chi connectivity index (χ0n) is 19.4. The summed E-state index contributed by atoms with van der Waals surface area (Å²) in [4.78, 5) is 14.2. The molecule has 0 bridgehead atoms. The molecule has 2 aliphatic rings. The van der Waals surface area contributed by atoms with Crippen molar-refractivity contribution in [2.75, 3.05) is 30.4 Å². The zero-order chi connectivity index (χ0) is 23.7. The highest BCUT2D eigenvalue weighted by molar-refractivity contribution is 6.31. The predicted molar refractivity (Wildman–Crippen MR) is 132 cm³/mol.